The normalized spacial score (nSPS) is 27.8. The fraction of sp³-hybridized carbons (Fsp3) is 0.588. The topological polar surface area (TPSA) is 49.3 Å². The van der Waals surface area contributed by atoms with Crippen LogP contribution in [0.15, 0.2) is 18.2 Å². The third kappa shape index (κ3) is 2.73. The molecule has 3 nitrogen and oxygen atoms in total. The number of nitrogens with one attached hydrogen (secondary N) is 1. The van der Waals surface area contributed by atoms with Gasteiger partial charge >= 0.3 is 0 Å². The Morgan fingerprint density at radius 2 is 2.20 bits per heavy atom. The molecule has 2 aliphatic carbocycles. The number of aliphatic hydroxyl groups excluding tert-OH is 1. The van der Waals surface area contributed by atoms with Crippen LogP contribution in [0.2, 0.25) is 0 Å². The van der Waals surface area contributed by atoms with E-state index in [9.17, 15) is 9.90 Å². The Bertz CT molecular complexity index is 512. The Balaban J connectivity index is 1.61. The molecule has 2 fully saturated rings. The summed E-state index contributed by atoms with van der Waals surface area (Å²) in [7, 11) is 0. The second-order valence-electron chi connectivity index (χ2n) is 6.49. The molecule has 1 aromatic rings. The predicted molar refractivity (Wildman–Crippen MR) is 79.3 cm³/mol. The fourth-order valence-electron chi connectivity index (χ4n) is 3.97. The van der Waals surface area contributed by atoms with Crippen molar-refractivity contribution < 1.29 is 9.90 Å². The van der Waals surface area contributed by atoms with E-state index in [1.54, 1.807) is 0 Å². The first-order valence-corrected chi connectivity index (χ1v) is 7.66. The van der Waals surface area contributed by atoms with Gasteiger partial charge in [-0.15, -0.1) is 0 Å². The summed E-state index contributed by atoms with van der Waals surface area (Å²) >= 11 is 0. The monoisotopic (exact) mass is 273 g/mol. The van der Waals surface area contributed by atoms with Crippen molar-refractivity contribution in [1.82, 2.24) is 0 Å². The molecule has 1 aromatic carbocycles. The van der Waals surface area contributed by atoms with Gasteiger partial charge in [-0.3, -0.25) is 4.79 Å². The highest BCUT2D eigenvalue weighted by atomic mass is 16.3. The third-order valence-electron chi connectivity index (χ3n) is 5.09. The van der Waals surface area contributed by atoms with Gasteiger partial charge in [0, 0.05) is 12.1 Å². The lowest BCUT2D eigenvalue weighted by molar-refractivity contribution is -0.117. The summed E-state index contributed by atoms with van der Waals surface area (Å²) < 4.78 is 0. The van der Waals surface area contributed by atoms with E-state index in [-0.39, 0.29) is 12.5 Å². The first-order valence-electron chi connectivity index (χ1n) is 7.66. The minimum absolute atomic E-state index is 0.00945. The highest BCUT2D eigenvalue weighted by Gasteiger charge is 2.40. The molecular weight excluding hydrogens is 250 g/mol. The number of benzene rings is 1. The van der Waals surface area contributed by atoms with Crippen LogP contribution in [0.5, 0.6) is 0 Å². The molecule has 3 atom stereocenters. The number of aliphatic hydroxyl groups is 1. The summed E-state index contributed by atoms with van der Waals surface area (Å²) in [6, 6.07) is 5.70. The predicted octanol–water partition coefficient (Wildman–Crippen LogP) is 3.25. The minimum Gasteiger partial charge on any atom is -0.392 e. The van der Waals surface area contributed by atoms with Gasteiger partial charge in [-0.1, -0.05) is 18.6 Å². The van der Waals surface area contributed by atoms with E-state index in [1.165, 1.54) is 25.7 Å². The molecule has 0 radical (unpaired) electrons. The average Bonchev–Trinajstić information content (AvgIpc) is 3.03. The molecule has 0 spiro atoms. The van der Waals surface area contributed by atoms with E-state index in [0.717, 1.165) is 28.7 Å². The Hall–Kier alpha value is -1.35. The van der Waals surface area contributed by atoms with Crippen LogP contribution >= 0.6 is 0 Å². The van der Waals surface area contributed by atoms with Gasteiger partial charge in [0.15, 0.2) is 0 Å². The number of rotatable bonds is 4. The molecule has 2 saturated carbocycles. The van der Waals surface area contributed by atoms with Crippen LogP contribution in [-0.4, -0.2) is 11.0 Å². The third-order valence-corrected chi connectivity index (χ3v) is 5.09. The van der Waals surface area contributed by atoms with Gasteiger partial charge in [0.25, 0.3) is 0 Å². The van der Waals surface area contributed by atoms with Crippen molar-refractivity contribution in [1.29, 1.82) is 0 Å². The van der Waals surface area contributed by atoms with Crippen LogP contribution < -0.4 is 5.32 Å². The van der Waals surface area contributed by atoms with Crippen LogP contribution in [0.1, 0.15) is 43.2 Å². The molecule has 20 heavy (non-hydrogen) atoms. The number of hydrogen-bond acceptors (Lipinski definition) is 2. The molecule has 2 aliphatic rings. The largest absolute Gasteiger partial charge is 0.392 e. The number of fused-ring (bicyclic) bond motifs is 2. The highest BCUT2D eigenvalue weighted by Crippen LogP contribution is 2.49. The van der Waals surface area contributed by atoms with Crippen molar-refractivity contribution in [2.24, 2.45) is 17.8 Å². The van der Waals surface area contributed by atoms with Crippen molar-refractivity contribution in [3.63, 3.8) is 0 Å². The zero-order valence-corrected chi connectivity index (χ0v) is 12.1. The summed E-state index contributed by atoms with van der Waals surface area (Å²) in [5.41, 5.74) is 2.72. The smallest absolute Gasteiger partial charge is 0.224 e. The molecule has 0 saturated heterocycles. The van der Waals surface area contributed by atoms with Crippen molar-refractivity contribution in [2.75, 3.05) is 5.32 Å². The highest BCUT2D eigenvalue weighted by molar-refractivity contribution is 5.91. The maximum absolute atomic E-state index is 12.2. The minimum atomic E-state index is 0.00945. The van der Waals surface area contributed by atoms with Crippen LogP contribution in [0.4, 0.5) is 5.69 Å². The zero-order valence-electron chi connectivity index (χ0n) is 12.1. The SMILES string of the molecule is Cc1ccc(CO)cc1NC(=O)CC1CC2CCC1C2. The number of amides is 1. The lowest BCUT2D eigenvalue weighted by atomic mass is 9.86. The Morgan fingerprint density at radius 3 is 2.85 bits per heavy atom. The molecule has 2 N–H and O–H groups in total. The Kier molecular flexibility index (Phi) is 3.79. The fourth-order valence-corrected chi connectivity index (χ4v) is 3.97. The van der Waals surface area contributed by atoms with Crippen molar-refractivity contribution in [3.8, 4) is 0 Å². The molecule has 0 heterocycles. The second kappa shape index (κ2) is 5.57. The van der Waals surface area contributed by atoms with Crippen molar-refractivity contribution >= 4 is 11.6 Å². The molecular formula is C17H23NO2. The maximum Gasteiger partial charge on any atom is 0.224 e. The van der Waals surface area contributed by atoms with E-state index in [4.69, 9.17) is 0 Å². The van der Waals surface area contributed by atoms with Crippen molar-refractivity contribution in [3.05, 3.63) is 29.3 Å². The van der Waals surface area contributed by atoms with Gasteiger partial charge < -0.3 is 10.4 Å². The summed E-state index contributed by atoms with van der Waals surface area (Å²) in [4.78, 5) is 12.2. The quantitative estimate of drug-likeness (QED) is 0.884. The molecule has 2 bridgehead atoms. The molecule has 108 valence electrons. The summed E-state index contributed by atoms with van der Waals surface area (Å²) in [5.74, 6) is 2.39. The molecule has 3 heteroatoms. The summed E-state index contributed by atoms with van der Waals surface area (Å²) in [5, 5.41) is 12.2. The van der Waals surface area contributed by atoms with Gasteiger partial charge in [-0.25, -0.2) is 0 Å². The van der Waals surface area contributed by atoms with E-state index in [0.29, 0.717) is 12.3 Å². The number of aryl methyl sites for hydroxylation is 1. The molecule has 0 aliphatic heterocycles. The first kappa shape index (κ1) is 13.6. The van der Waals surface area contributed by atoms with Gasteiger partial charge in [0.2, 0.25) is 5.91 Å². The first-order chi connectivity index (χ1) is 9.65. The molecule has 3 unspecified atom stereocenters. The number of carbonyl (C=O) groups excluding carboxylic acids is 1. The van der Waals surface area contributed by atoms with Crippen LogP contribution in [0, 0.1) is 24.7 Å². The second-order valence-corrected chi connectivity index (χ2v) is 6.49. The van der Waals surface area contributed by atoms with Gasteiger partial charge in [-0.05, 0) is 61.1 Å². The van der Waals surface area contributed by atoms with E-state index < -0.39 is 0 Å². The molecule has 3 rings (SSSR count). The molecule has 0 aromatic heterocycles. The van der Waals surface area contributed by atoms with Gasteiger partial charge in [0.05, 0.1) is 6.61 Å². The lowest BCUT2D eigenvalue weighted by Crippen LogP contribution is -2.20. The van der Waals surface area contributed by atoms with Crippen molar-refractivity contribution in [2.45, 2.75) is 45.6 Å². The van der Waals surface area contributed by atoms with E-state index >= 15 is 0 Å². The Labute approximate surface area is 120 Å². The van der Waals surface area contributed by atoms with E-state index in [2.05, 4.69) is 5.32 Å². The number of anilines is 1. The lowest BCUT2D eigenvalue weighted by Gasteiger charge is -2.21. The average molecular weight is 273 g/mol. The number of carbonyl (C=O) groups is 1. The Morgan fingerprint density at radius 1 is 1.35 bits per heavy atom. The summed E-state index contributed by atoms with van der Waals surface area (Å²) in [6.45, 7) is 1.99. The zero-order chi connectivity index (χ0) is 14.1. The maximum atomic E-state index is 12.2. The van der Waals surface area contributed by atoms with Crippen LogP contribution in [0.25, 0.3) is 0 Å². The van der Waals surface area contributed by atoms with E-state index in [1.807, 2.05) is 25.1 Å². The standard InChI is InChI=1S/C17H23NO2/c1-11-2-3-13(10-19)8-16(11)18-17(20)9-15-7-12-4-5-14(15)6-12/h2-3,8,12,14-15,19H,4-7,9-10H2,1H3,(H,18,20). The molecule has 1 amide bonds. The van der Waals surface area contributed by atoms with Crippen LogP contribution in [-0.2, 0) is 11.4 Å². The van der Waals surface area contributed by atoms with Gasteiger partial charge in [-0.2, -0.15) is 0 Å². The van der Waals surface area contributed by atoms with Crippen LogP contribution in [0.3, 0.4) is 0 Å². The number of hydrogen-bond donors (Lipinski definition) is 2. The van der Waals surface area contributed by atoms with Gasteiger partial charge in [0.1, 0.15) is 0 Å². The summed E-state index contributed by atoms with van der Waals surface area (Å²) in [6.07, 6.45) is 5.94.